The van der Waals surface area contributed by atoms with Crippen LogP contribution in [0.25, 0.3) is 0 Å². The van der Waals surface area contributed by atoms with Crippen molar-refractivity contribution in [2.75, 3.05) is 11.9 Å². The predicted octanol–water partition coefficient (Wildman–Crippen LogP) is 2.80. The van der Waals surface area contributed by atoms with Crippen LogP contribution in [-0.4, -0.2) is 17.8 Å². The number of benzene rings is 1. The highest BCUT2D eigenvalue weighted by Crippen LogP contribution is 2.39. The third-order valence-corrected chi connectivity index (χ3v) is 3.93. The van der Waals surface area contributed by atoms with E-state index in [4.69, 9.17) is 5.26 Å². The third kappa shape index (κ3) is 2.54. The first-order chi connectivity index (χ1) is 9.00. The van der Waals surface area contributed by atoms with Gasteiger partial charge in [-0.2, -0.15) is 5.26 Å². The molecule has 2 N–H and O–H groups in total. The monoisotopic (exact) mass is 266 g/mol. The fourth-order valence-corrected chi connectivity index (χ4v) is 2.62. The van der Waals surface area contributed by atoms with Crippen molar-refractivity contribution in [3.05, 3.63) is 29.3 Å². The Morgan fingerprint density at radius 2 is 2.11 bits per heavy atom. The van der Waals surface area contributed by atoms with Gasteiger partial charge in [-0.05, 0) is 25.0 Å². The molecule has 0 radical (unpaired) electrons. The number of anilines is 1. The topological polar surface area (TPSA) is 56.0 Å². The van der Waals surface area contributed by atoms with Crippen molar-refractivity contribution < 1.29 is 13.9 Å². The second-order valence-corrected chi connectivity index (χ2v) is 5.33. The van der Waals surface area contributed by atoms with Crippen molar-refractivity contribution in [1.29, 1.82) is 5.26 Å². The minimum Gasteiger partial charge on any atom is -0.396 e. The summed E-state index contributed by atoms with van der Waals surface area (Å²) in [5, 5.41) is 20.9. The van der Waals surface area contributed by atoms with Gasteiger partial charge in [-0.25, -0.2) is 8.78 Å². The number of nitrogens with one attached hydrogen (secondary N) is 1. The number of nitrogens with zero attached hydrogens (tertiary/aromatic N) is 1. The van der Waals surface area contributed by atoms with Crippen molar-refractivity contribution in [2.24, 2.45) is 5.41 Å². The summed E-state index contributed by atoms with van der Waals surface area (Å²) >= 11 is 0. The van der Waals surface area contributed by atoms with Crippen LogP contribution in [0.5, 0.6) is 0 Å². The van der Waals surface area contributed by atoms with E-state index in [0.29, 0.717) is 0 Å². The van der Waals surface area contributed by atoms with E-state index < -0.39 is 11.6 Å². The van der Waals surface area contributed by atoms with E-state index >= 15 is 0 Å². The van der Waals surface area contributed by atoms with Crippen molar-refractivity contribution in [2.45, 2.75) is 32.2 Å². The Morgan fingerprint density at radius 3 is 2.63 bits per heavy atom. The van der Waals surface area contributed by atoms with Crippen LogP contribution < -0.4 is 5.32 Å². The molecule has 3 nitrogen and oxygen atoms in total. The molecule has 0 heterocycles. The fourth-order valence-electron chi connectivity index (χ4n) is 2.62. The molecule has 0 aromatic heterocycles. The van der Waals surface area contributed by atoms with Crippen LogP contribution in [0.4, 0.5) is 14.5 Å². The number of nitriles is 1. The van der Waals surface area contributed by atoms with Crippen LogP contribution in [0.3, 0.4) is 0 Å². The van der Waals surface area contributed by atoms with Crippen molar-refractivity contribution in [3.8, 4) is 6.07 Å². The van der Waals surface area contributed by atoms with E-state index in [9.17, 15) is 13.9 Å². The first-order valence-electron chi connectivity index (χ1n) is 6.27. The molecule has 2 atom stereocenters. The zero-order valence-corrected chi connectivity index (χ0v) is 10.7. The van der Waals surface area contributed by atoms with Gasteiger partial charge in [0.05, 0.1) is 18.2 Å². The fraction of sp³-hybridized carbons (Fsp3) is 0.500. The molecule has 5 heteroatoms. The molecule has 102 valence electrons. The summed E-state index contributed by atoms with van der Waals surface area (Å²) in [6.45, 7) is 1.88. The van der Waals surface area contributed by atoms with E-state index in [1.807, 2.05) is 6.92 Å². The van der Waals surface area contributed by atoms with Crippen molar-refractivity contribution in [1.82, 2.24) is 0 Å². The highest BCUT2D eigenvalue weighted by molar-refractivity contribution is 5.51. The molecule has 0 aliphatic heterocycles. The summed E-state index contributed by atoms with van der Waals surface area (Å²) in [4.78, 5) is 0. The number of aliphatic hydroxyl groups is 1. The average Bonchev–Trinajstić information content (AvgIpc) is 2.75. The van der Waals surface area contributed by atoms with Crippen LogP contribution in [0.2, 0.25) is 0 Å². The van der Waals surface area contributed by atoms with Gasteiger partial charge in [-0.3, -0.25) is 0 Å². The predicted molar refractivity (Wildman–Crippen MR) is 67.5 cm³/mol. The lowest BCUT2D eigenvalue weighted by molar-refractivity contribution is 0.138. The highest BCUT2D eigenvalue weighted by Gasteiger charge is 2.38. The minimum absolute atomic E-state index is 0.0236. The molecule has 2 rings (SSSR count). The molecule has 1 aliphatic carbocycles. The molecule has 19 heavy (non-hydrogen) atoms. The smallest absolute Gasteiger partial charge is 0.150 e. The first-order valence-corrected chi connectivity index (χ1v) is 6.27. The lowest BCUT2D eigenvalue weighted by Gasteiger charge is -2.31. The normalized spacial score (nSPS) is 26.2. The second kappa shape index (κ2) is 5.14. The Bertz CT molecular complexity index is 504. The largest absolute Gasteiger partial charge is 0.396 e. The van der Waals surface area contributed by atoms with Crippen LogP contribution >= 0.6 is 0 Å². The molecule has 0 spiro atoms. The summed E-state index contributed by atoms with van der Waals surface area (Å²) in [6.07, 6.45) is 2.49. The molecule has 0 unspecified atom stereocenters. The maximum Gasteiger partial charge on any atom is 0.150 e. The van der Waals surface area contributed by atoms with Crippen LogP contribution in [0.1, 0.15) is 31.7 Å². The molecule has 0 bridgehead atoms. The SMILES string of the molecule is C[C@]1(CO)CCC[C@H]1Nc1c(F)cc(C#N)cc1F. The van der Waals surface area contributed by atoms with Gasteiger partial charge in [0, 0.05) is 11.5 Å². The van der Waals surface area contributed by atoms with Gasteiger partial charge < -0.3 is 10.4 Å². The number of hydrogen-bond acceptors (Lipinski definition) is 3. The van der Waals surface area contributed by atoms with E-state index in [0.717, 1.165) is 31.4 Å². The molecular weight excluding hydrogens is 250 g/mol. The number of hydrogen-bond donors (Lipinski definition) is 2. The van der Waals surface area contributed by atoms with Gasteiger partial charge in [0.25, 0.3) is 0 Å². The molecule has 1 fully saturated rings. The number of halogens is 2. The van der Waals surface area contributed by atoms with E-state index in [1.54, 1.807) is 6.07 Å². The summed E-state index contributed by atoms with van der Waals surface area (Å²) in [6, 6.07) is 3.56. The number of rotatable bonds is 3. The Kier molecular flexibility index (Phi) is 3.72. The second-order valence-electron chi connectivity index (χ2n) is 5.33. The van der Waals surface area contributed by atoms with E-state index in [2.05, 4.69) is 5.32 Å². The molecule has 0 amide bonds. The van der Waals surface area contributed by atoms with Gasteiger partial charge in [0.1, 0.15) is 5.69 Å². The maximum atomic E-state index is 13.8. The molecular formula is C14H16F2N2O. The Hall–Kier alpha value is -1.67. The third-order valence-electron chi connectivity index (χ3n) is 3.93. The van der Waals surface area contributed by atoms with Gasteiger partial charge in [-0.1, -0.05) is 13.3 Å². The van der Waals surface area contributed by atoms with Gasteiger partial charge in [-0.15, -0.1) is 0 Å². The summed E-state index contributed by atoms with van der Waals surface area (Å²) in [5.41, 5.74) is -0.630. The van der Waals surface area contributed by atoms with Gasteiger partial charge >= 0.3 is 0 Å². The molecule has 1 aromatic rings. The Balaban J connectivity index is 2.27. The standard InChI is InChI=1S/C14H16F2N2O/c1-14(8-19)4-2-3-12(14)18-13-10(15)5-9(7-17)6-11(13)16/h5-6,12,18-19H,2-4,8H2,1H3/t12-,14-/m1/s1. The Morgan fingerprint density at radius 1 is 1.47 bits per heavy atom. The summed E-state index contributed by atoms with van der Waals surface area (Å²) in [7, 11) is 0. The van der Waals surface area contributed by atoms with Crippen LogP contribution in [0, 0.1) is 28.4 Å². The average molecular weight is 266 g/mol. The Labute approximate surface area is 110 Å². The zero-order valence-electron chi connectivity index (χ0n) is 10.7. The van der Waals surface area contributed by atoms with E-state index in [-0.39, 0.29) is 29.3 Å². The highest BCUT2D eigenvalue weighted by atomic mass is 19.1. The number of aliphatic hydroxyl groups excluding tert-OH is 1. The lowest BCUT2D eigenvalue weighted by atomic mass is 9.85. The van der Waals surface area contributed by atoms with E-state index in [1.165, 1.54) is 0 Å². The minimum atomic E-state index is -0.774. The van der Waals surface area contributed by atoms with Crippen molar-refractivity contribution in [3.63, 3.8) is 0 Å². The van der Waals surface area contributed by atoms with Gasteiger partial charge in [0.2, 0.25) is 0 Å². The quantitative estimate of drug-likeness (QED) is 0.884. The molecule has 1 aromatic carbocycles. The summed E-state index contributed by atoms with van der Waals surface area (Å²) in [5.74, 6) is -1.55. The maximum absolute atomic E-state index is 13.8. The molecule has 1 saturated carbocycles. The summed E-state index contributed by atoms with van der Waals surface area (Å²) < 4.78 is 27.6. The van der Waals surface area contributed by atoms with Crippen LogP contribution in [0.15, 0.2) is 12.1 Å². The van der Waals surface area contributed by atoms with Crippen LogP contribution in [-0.2, 0) is 0 Å². The lowest BCUT2D eigenvalue weighted by Crippen LogP contribution is -2.37. The van der Waals surface area contributed by atoms with Gasteiger partial charge in [0.15, 0.2) is 11.6 Å². The first kappa shape index (κ1) is 13.8. The zero-order chi connectivity index (χ0) is 14.0. The molecule has 1 aliphatic rings. The van der Waals surface area contributed by atoms with Crippen molar-refractivity contribution >= 4 is 5.69 Å². The molecule has 0 saturated heterocycles.